The Morgan fingerprint density at radius 1 is 1.04 bits per heavy atom. The van der Waals surface area contributed by atoms with Crippen LogP contribution in [0.1, 0.15) is 23.1 Å². The van der Waals surface area contributed by atoms with Gasteiger partial charge < -0.3 is 19.7 Å². The van der Waals surface area contributed by atoms with Gasteiger partial charge in [0.15, 0.2) is 11.5 Å². The zero-order chi connectivity index (χ0) is 18.1. The fourth-order valence-corrected chi connectivity index (χ4v) is 2.61. The molecular weight excluding hydrogens is 312 g/mol. The maximum Gasteiger partial charge on any atom is 0.166 e. The molecule has 136 valence electrons. The molecule has 0 bridgehead atoms. The minimum atomic E-state index is 0.536. The smallest absolute Gasteiger partial charge is 0.166 e. The first-order valence-corrected chi connectivity index (χ1v) is 8.80. The molecule has 25 heavy (non-hydrogen) atoms. The molecule has 0 fully saturated rings. The molecule has 2 rings (SSSR count). The number of methoxy groups -OCH3 is 1. The first-order chi connectivity index (χ1) is 12.1. The van der Waals surface area contributed by atoms with Gasteiger partial charge in [-0.2, -0.15) is 0 Å². The molecule has 2 aromatic rings. The lowest BCUT2D eigenvalue weighted by atomic mass is 10.1. The van der Waals surface area contributed by atoms with Crippen molar-refractivity contribution >= 4 is 0 Å². The number of benzene rings is 2. The van der Waals surface area contributed by atoms with Gasteiger partial charge >= 0.3 is 0 Å². The van der Waals surface area contributed by atoms with E-state index in [9.17, 15) is 0 Å². The molecule has 0 atom stereocenters. The minimum absolute atomic E-state index is 0.536. The van der Waals surface area contributed by atoms with Crippen LogP contribution in [0.25, 0.3) is 0 Å². The summed E-state index contributed by atoms with van der Waals surface area (Å²) in [5.74, 6) is 1.60. The van der Waals surface area contributed by atoms with Gasteiger partial charge in [-0.05, 0) is 52.2 Å². The topological polar surface area (TPSA) is 33.7 Å². The normalized spacial score (nSPS) is 10.9. The van der Waals surface area contributed by atoms with E-state index in [0.29, 0.717) is 6.61 Å². The minimum Gasteiger partial charge on any atom is -0.493 e. The summed E-state index contributed by atoms with van der Waals surface area (Å²) < 4.78 is 11.6. The number of hydrogen-bond acceptors (Lipinski definition) is 4. The molecule has 0 aliphatic heterocycles. The zero-order valence-electron chi connectivity index (χ0n) is 15.8. The summed E-state index contributed by atoms with van der Waals surface area (Å²) in [5.41, 5.74) is 3.53. The number of ether oxygens (including phenoxy) is 2. The van der Waals surface area contributed by atoms with Crippen LogP contribution in [0.15, 0.2) is 42.5 Å². The van der Waals surface area contributed by atoms with Crippen molar-refractivity contribution in [1.82, 2.24) is 10.2 Å². The van der Waals surface area contributed by atoms with Gasteiger partial charge in [0.05, 0.1) is 7.11 Å². The molecule has 0 unspecified atom stereocenters. The summed E-state index contributed by atoms with van der Waals surface area (Å²) in [6, 6.07) is 14.5. The second-order valence-electron chi connectivity index (χ2n) is 6.56. The Labute approximate surface area is 151 Å². The zero-order valence-corrected chi connectivity index (χ0v) is 15.8. The molecule has 1 N–H and O–H groups in total. The molecule has 0 aliphatic carbocycles. The average Bonchev–Trinajstić information content (AvgIpc) is 2.61. The molecule has 0 amide bonds. The Morgan fingerprint density at radius 3 is 2.48 bits per heavy atom. The quantitative estimate of drug-likeness (QED) is 0.669. The predicted octanol–water partition coefficient (Wildman–Crippen LogP) is 3.62. The lowest BCUT2D eigenvalue weighted by molar-refractivity contribution is 0.280. The molecule has 2 aromatic carbocycles. The third kappa shape index (κ3) is 6.40. The molecule has 0 saturated heterocycles. The highest BCUT2D eigenvalue weighted by molar-refractivity contribution is 5.46. The molecule has 0 aliphatic rings. The van der Waals surface area contributed by atoms with Crippen molar-refractivity contribution in [2.75, 3.05) is 34.3 Å². The van der Waals surface area contributed by atoms with E-state index in [2.05, 4.69) is 61.6 Å². The van der Waals surface area contributed by atoms with Crippen LogP contribution in [0, 0.1) is 6.92 Å². The van der Waals surface area contributed by atoms with E-state index in [0.717, 1.165) is 48.7 Å². The summed E-state index contributed by atoms with van der Waals surface area (Å²) in [4.78, 5) is 2.20. The Balaban J connectivity index is 1.98. The van der Waals surface area contributed by atoms with Crippen molar-refractivity contribution in [2.24, 2.45) is 0 Å². The van der Waals surface area contributed by atoms with E-state index < -0.39 is 0 Å². The monoisotopic (exact) mass is 342 g/mol. The third-order valence-electron chi connectivity index (χ3n) is 4.06. The number of aryl methyl sites for hydroxylation is 1. The lowest BCUT2D eigenvalue weighted by Gasteiger charge is -2.16. The van der Waals surface area contributed by atoms with Crippen LogP contribution in [0.3, 0.4) is 0 Å². The first-order valence-electron chi connectivity index (χ1n) is 8.80. The molecule has 0 saturated carbocycles. The van der Waals surface area contributed by atoms with Gasteiger partial charge in [-0.3, -0.25) is 0 Å². The molecule has 4 heteroatoms. The highest BCUT2D eigenvalue weighted by atomic mass is 16.5. The predicted molar refractivity (Wildman–Crippen MR) is 103 cm³/mol. The fourth-order valence-electron chi connectivity index (χ4n) is 2.61. The summed E-state index contributed by atoms with van der Waals surface area (Å²) >= 11 is 0. The van der Waals surface area contributed by atoms with Gasteiger partial charge in [0.2, 0.25) is 0 Å². The number of para-hydroxylation sites is 1. The maximum absolute atomic E-state index is 6.11. The summed E-state index contributed by atoms with van der Waals surface area (Å²) in [6.07, 6.45) is 1.12. The Hall–Kier alpha value is -2.04. The largest absolute Gasteiger partial charge is 0.493 e. The molecule has 0 heterocycles. The van der Waals surface area contributed by atoms with Crippen molar-refractivity contribution in [2.45, 2.75) is 26.5 Å². The summed E-state index contributed by atoms with van der Waals surface area (Å²) in [5, 5.41) is 3.49. The standard InChI is InChI=1S/C21H30N2O2/c1-17-9-11-18(12-10-17)16-25-21-19(7-5-8-20(21)24-4)15-22-13-6-14-23(2)3/h5,7-12,22H,6,13-16H2,1-4H3. The van der Waals surface area contributed by atoms with Crippen LogP contribution < -0.4 is 14.8 Å². The van der Waals surface area contributed by atoms with E-state index >= 15 is 0 Å². The van der Waals surface area contributed by atoms with Crippen molar-refractivity contribution in [1.29, 1.82) is 0 Å². The lowest BCUT2D eigenvalue weighted by Crippen LogP contribution is -2.21. The third-order valence-corrected chi connectivity index (χ3v) is 4.06. The van der Waals surface area contributed by atoms with E-state index in [4.69, 9.17) is 9.47 Å². The second-order valence-corrected chi connectivity index (χ2v) is 6.56. The molecule has 0 spiro atoms. The van der Waals surface area contributed by atoms with Crippen molar-refractivity contribution < 1.29 is 9.47 Å². The number of nitrogens with one attached hydrogen (secondary N) is 1. The van der Waals surface area contributed by atoms with Crippen LogP contribution >= 0.6 is 0 Å². The summed E-state index contributed by atoms with van der Waals surface area (Å²) in [7, 11) is 5.88. The van der Waals surface area contributed by atoms with E-state index in [1.54, 1.807) is 7.11 Å². The average molecular weight is 342 g/mol. The maximum atomic E-state index is 6.11. The summed E-state index contributed by atoms with van der Waals surface area (Å²) in [6.45, 7) is 5.46. The van der Waals surface area contributed by atoms with Gasteiger partial charge in [0, 0.05) is 12.1 Å². The first kappa shape index (κ1) is 19.3. The van der Waals surface area contributed by atoms with Crippen LogP contribution in [0.4, 0.5) is 0 Å². The van der Waals surface area contributed by atoms with Crippen molar-refractivity contribution in [3.05, 3.63) is 59.2 Å². The highest BCUT2D eigenvalue weighted by Crippen LogP contribution is 2.31. The SMILES string of the molecule is COc1cccc(CNCCCN(C)C)c1OCc1ccc(C)cc1. The van der Waals surface area contributed by atoms with Crippen LogP contribution in [-0.2, 0) is 13.2 Å². The van der Waals surface area contributed by atoms with E-state index in [1.807, 2.05) is 12.1 Å². The van der Waals surface area contributed by atoms with Gasteiger partial charge in [-0.1, -0.05) is 42.0 Å². The van der Waals surface area contributed by atoms with Crippen molar-refractivity contribution in [3.8, 4) is 11.5 Å². The van der Waals surface area contributed by atoms with Gasteiger partial charge in [0.1, 0.15) is 6.61 Å². The van der Waals surface area contributed by atoms with Gasteiger partial charge in [-0.25, -0.2) is 0 Å². The Kier molecular flexibility index (Phi) is 7.76. The Morgan fingerprint density at radius 2 is 1.80 bits per heavy atom. The molecule has 0 radical (unpaired) electrons. The Bertz CT molecular complexity index is 639. The molecule has 0 aromatic heterocycles. The number of rotatable bonds is 10. The number of hydrogen-bond donors (Lipinski definition) is 1. The van der Waals surface area contributed by atoms with Gasteiger partial charge in [-0.15, -0.1) is 0 Å². The second kappa shape index (κ2) is 10.1. The fraction of sp³-hybridized carbons (Fsp3) is 0.429. The number of nitrogens with zero attached hydrogens (tertiary/aromatic N) is 1. The van der Waals surface area contributed by atoms with Crippen LogP contribution in [-0.4, -0.2) is 39.2 Å². The van der Waals surface area contributed by atoms with E-state index in [1.165, 1.54) is 5.56 Å². The molecule has 4 nitrogen and oxygen atoms in total. The van der Waals surface area contributed by atoms with Crippen LogP contribution in [0.2, 0.25) is 0 Å². The highest BCUT2D eigenvalue weighted by Gasteiger charge is 2.10. The van der Waals surface area contributed by atoms with Crippen molar-refractivity contribution in [3.63, 3.8) is 0 Å². The van der Waals surface area contributed by atoms with Crippen LogP contribution in [0.5, 0.6) is 11.5 Å². The molecular formula is C21H30N2O2. The van der Waals surface area contributed by atoms with E-state index in [-0.39, 0.29) is 0 Å². The van der Waals surface area contributed by atoms with Gasteiger partial charge in [0.25, 0.3) is 0 Å².